The van der Waals surface area contributed by atoms with E-state index in [4.69, 9.17) is 22.7 Å². The van der Waals surface area contributed by atoms with Crippen LogP contribution in [-0.2, 0) is 4.74 Å². The van der Waals surface area contributed by atoms with Gasteiger partial charge in [0.15, 0.2) is 0 Å². The minimum atomic E-state index is 0.153. The van der Waals surface area contributed by atoms with E-state index in [0.717, 1.165) is 26.0 Å². The maximum Gasteiger partial charge on any atom is 0.0899 e. The third-order valence-corrected chi connectivity index (χ3v) is 3.22. The zero-order valence-corrected chi connectivity index (χ0v) is 11.1. The van der Waals surface area contributed by atoms with Crippen LogP contribution in [0.1, 0.15) is 33.6 Å². The first kappa shape index (κ1) is 14.8. The molecule has 0 rings (SSSR count). The summed E-state index contributed by atoms with van der Waals surface area (Å²) >= 11 is 5.06. The summed E-state index contributed by atoms with van der Waals surface area (Å²) in [7, 11) is 1.72. The number of ether oxygens (including phenoxy) is 1. The molecule has 0 amide bonds. The lowest BCUT2D eigenvalue weighted by Crippen LogP contribution is -2.48. The van der Waals surface area contributed by atoms with Crippen LogP contribution in [-0.4, -0.2) is 42.2 Å². The van der Waals surface area contributed by atoms with Crippen LogP contribution in [0.3, 0.4) is 0 Å². The summed E-state index contributed by atoms with van der Waals surface area (Å²) in [5, 5.41) is 0. The third-order valence-electron chi connectivity index (χ3n) is 2.87. The van der Waals surface area contributed by atoms with Gasteiger partial charge in [-0.25, -0.2) is 0 Å². The molecule has 0 aromatic carbocycles. The van der Waals surface area contributed by atoms with Crippen LogP contribution < -0.4 is 5.73 Å². The fourth-order valence-electron chi connectivity index (χ4n) is 1.81. The highest BCUT2D eigenvalue weighted by Crippen LogP contribution is 2.12. The van der Waals surface area contributed by atoms with Crippen molar-refractivity contribution in [1.82, 2.24) is 4.90 Å². The Bertz CT molecular complexity index is 183. The monoisotopic (exact) mass is 232 g/mol. The van der Waals surface area contributed by atoms with Gasteiger partial charge in [0, 0.05) is 19.7 Å². The number of rotatable bonds is 8. The van der Waals surface area contributed by atoms with Crippen LogP contribution in [0.5, 0.6) is 0 Å². The topological polar surface area (TPSA) is 38.5 Å². The molecule has 1 atom stereocenters. The Morgan fingerprint density at radius 2 is 1.93 bits per heavy atom. The van der Waals surface area contributed by atoms with Gasteiger partial charge in [0.25, 0.3) is 0 Å². The van der Waals surface area contributed by atoms with E-state index in [1.54, 1.807) is 7.11 Å². The molecular formula is C11H24N2OS. The standard InChI is InChI=1S/C11H24N2OS/c1-5-10(6-2)13(7-8-14-4)9(3)11(12)15/h9-10H,5-8H2,1-4H3,(H2,12,15). The van der Waals surface area contributed by atoms with Gasteiger partial charge in [0.05, 0.1) is 17.6 Å². The zero-order valence-electron chi connectivity index (χ0n) is 10.3. The van der Waals surface area contributed by atoms with Crippen molar-refractivity contribution in [3.63, 3.8) is 0 Å². The van der Waals surface area contributed by atoms with Gasteiger partial charge in [-0.15, -0.1) is 0 Å². The van der Waals surface area contributed by atoms with E-state index in [1.807, 2.05) is 0 Å². The number of nitrogens with two attached hydrogens (primary N) is 1. The van der Waals surface area contributed by atoms with E-state index in [9.17, 15) is 0 Å². The minimum absolute atomic E-state index is 0.153. The van der Waals surface area contributed by atoms with Crippen molar-refractivity contribution in [3.8, 4) is 0 Å². The summed E-state index contributed by atoms with van der Waals surface area (Å²) in [6, 6.07) is 0.691. The van der Waals surface area contributed by atoms with Crippen LogP contribution in [0.25, 0.3) is 0 Å². The summed E-state index contributed by atoms with van der Waals surface area (Å²) < 4.78 is 5.12. The normalized spacial score (nSPS) is 13.5. The molecule has 90 valence electrons. The van der Waals surface area contributed by atoms with Gasteiger partial charge in [0.1, 0.15) is 0 Å². The van der Waals surface area contributed by atoms with E-state index in [2.05, 4.69) is 25.7 Å². The molecule has 0 fully saturated rings. The highest BCUT2D eigenvalue weighted by atomic mass is 32.1. The van der Waals surface area contributed by atoms with Crippen molar-refractivity contribution in [1.29, 1.82) is 0 Å². The fraction of sp³-hybridized carbons (Fsp3) is 0.909. The van der Waals surface area contributed by atoms with E-state index in [-0.39, 0.29) is 6.04 Å². The van der Waals surface area contributed by atoms with Crippen molar-refractivity contribution in [2.24, 2.45) is 5.73 Å². The summed E-state index contributed by atoms with van der Waals surface area (Å²) in [4.78, 5) is 2.91. The van der Waals surface area contributed by atoms with Gasteiger partial charge in [-0.2, -0.15) is 0 Å². The molecule has 4 heteroatoms. The van der Waals surface area contributed by atoms with Crippen LogP contribution in [0.4, 0.5) is 0 Å². The van der Waals surface area contributed by atoms with Gasteiger partial charge in [-0.1, -0.05) is 26.1 Å². The molecule has 0 bridgehead atoms. The molecule has 0 radical (unpaired) electrons. The predicted molar refractivity (Wildman–Crippen MR) is 69.2 cm³/mol. The summed E-state index contributed by atoms with van der Waals surface area (Å²) in [5.41, 5.74) is 5.70. The first-order chi connectivity index (χ1) is 7.08. The van der Waals surface area contributed by atoms with Crippen LogP contribution in [0.2, 0.25) is 0 Å². The second-order valence-electron chi connectivity index (χ2n) is 3.78. The maximum atomic E-state index is 5.70. The molecule has 2 N–H and O–H groups in total. The first-order valence-corrected chi connectivity index (χ1v) is 6.03. The molecule has 0 saturated heterocycles. The molecular weight excluding hydrogens is 208 g/mol. The first-order valence-electron chi connectivity index (χ1n) is 5.62. The lowest BCUT2D eigenvalue weighted by Gasteiger charge is -2.34. The van der Waals surface area contributed by atoms with E-state index in [0.29, 0.717) is 11.0 Å². The Labute approximate surface area is 99.0 Å². The van der Waals surface area contributed by atoms with Gasteiger partial charge < -0.3 is 10.5 Å². The second-order valence-corrected chi connectivity index (χ2v) is 4.25. The highest BCUT2D eigenvalue weighted by Gasteiger charge is 2.22. The predicted octanol–water partition coefficient (Wildman–Crippen LogP) is 1.80. The lowest BCUT2D eigenvalue weighted by atomic mass is 10.1. The Kier molecular flexibility index (Phi) is 7.92. The molecule has 0 spiro atoms. The van der Waals surface area contributed by atoms with Crippen molar-refractivity contribution < 1.29 is 4.74 Å². The van der Waals surface area contributed by atoms with Crippen molar-refractivity contribution in [2.45, 2.75) is 45.7 Å². The third kappa shape index (κ3) is 4.91. The molecule has 0 aliphatic rings. The Hall–Kier alpha value is -0.190. The minimum Gasteiger partial charge on any atom is -0.392 e. The SMILES string of the molecule is CCC(CC)N(CCOC)C(C)C(N)=S. The number of hydrogen-bond acceptors (Lipinski definition) is 3. The van der Waals surface area contributed by atoms with Gasteiger partial charge in [0.2, 0.25) is 0 Å². The van der Waals surface area contributed by atoms with Crippen LogP contribution in [0.15, 0.2) is 0 Å². The quantitative estimate of drug-likeness (QED) is 0.648. The number of thiocarbonyl (C=S) groups is 1. The molecule has 3 nitrogen and oxygen atoms in total. The molecule has 0 saturated carbocycles. The van der Waals surface area contributed by atoms with E-state index in [1.165, 1.54) is 0 Å². The number of nitrogens with zero attached hydrogens (tertiary/aromatic N) is 1. The van der Waals surface area contributed by atoms with Crippen LogP contribution >= 0.6 is 12.2 Å². The lowest BCUT2D eigenvalue weighted by molar-refractivity contribution is 0.106. The fourth-order valence-corrected chi connectivity index (χ4v) is 1.95. The van der Waals surface area contributed by atoms with Crippen LogP contribution in [0, 0.1) is 0 Å². The van der Waals surface area contributed by atoms with E-state index < -0.39 is 0 Å². The second kappa shape index (κ2) is 8.02. The van der Waals surface area contributed by atoms with Gasteiger partial charge in [-0.05, 0) is 19.8 Å². The smallest absolute Gasteiger partial charge is 0.0899 e. The number of hydrogen-bond donors (Lipinski definition) is 1. The molecule has 0 heterocycles. The summed E-state index contributed by atoms with van der Waals surface area (Å²) in [6.45, 7) is 8.07. The molecule has 0 aliphatic carbocycles. The molecule has 0 aromatic heterocycles. The van der Waals surface area contributed by atoms with Crippen molar-refractivity contribution in [2.75, 3.05) is 20.3 Å². The Morgan fingerprint density at radius 1 is 1.40 bits per heavy atom. The Balaban J connectivity index is 4.46. The summed E-state index contributed by atoms with van der Waals surface area (Å²) in [6.07, 6.45) is 2.24. The largest absolute Gasteiger partial charge is 0.392 e. The molecule has 1 unspecified atom stereocenters. The van der Waals surface area contributed by atoms with E-state index >= 15 is 0 Å². The van der Waals surface area contributed by atoms with Gasteiger partial charge in [-0.3, -0.25) is 4.90 Å². The average molecular weight is 232 g/mol. The molecule has 15 heavy (non-hydrogen) atoms. The average Bonchev–Trinajstić information content (AvgIpc) is 2.23. The van der Waals surface area contributed by atoms with Crippen molar-refractivity contribution >= 4 is 17.2 Å². The van der Waals surface area contributed by atoms with Crippen molar-refractivity contribution in [3.05, 3.63) is 0 Å². The molecule has 0 aromatic rings. The molecule has 0 aliphatic heterocycles. The number of methoxy groups -OCH3 is 1. The zero-order chi connectivity index (χ0) is 11.8. The maximum absolute atomic E-state index is 5.70. The summed E-state index contributed by atoms with van der Waals surface area (Å²) in [5.74, 6) is 0. The van der Waals surface area contributed by atoms with Gasteiger partial charge >= 0.3 is 0 Å². The Morgan fingerprint density at radius 3 is 2.27 bits per heavy atom. The highest BCUT2D eigenvalue weighted by molar-refractivity contribution is 7.80.